The third-order valence-electron chi connectivity index (χ3n) is 4.36. The van der Waals surface area contributed by atoms with E-state index in [0.717, 1.165) is 38.0 Å². The first kappa shape index (κ1) is 16.0. The molecule has 1 aliphatic rings. The van der Waals surface area contributed by atoms with Crippen LogP contribution in [0.25, 0.3) is 0 Å². The third-order valence-corrected chi connectivity index (χ3v) is 4.36. The van der Waals surface area contributed by atoms with Gasteiger partial charge in [-0.1, -0.05) is 32.0 Å². The van der Waals surface area contributed by atoms with Crippen molar-refractivity contribution in [1.29, 1.82) is 0 Å². The Morgan fingerprint density at radius 1 is 1.29 bits per heavy atom. The molecule has 1 N–H and O–H groups in total. The average Bonchev–Trinajstić information content (AvgIpc) is 2.54. The molecule has 1 unspecified atom stereocenters. The summed E-state index contributed by atoms with van der Waals surface area (Å²) >= 11 is 0. The Morgan fingerprint density at radius 3 is 2.57 bits per heavy atom. The van der Waals surface area contributed by atoms with E-state index in [9.17, 15) is 4.79 Å². The van der Waals surface area contributed by atoms with Gasteiger partial charge in [0.05, 0.1) is 0 Å². The average molecular weight is 287 g/mol. The minimum atomic E-state index is 0.149. The van der Waals surface area contributed by atoms with E-state index in [1.807, 2.05) is 0 Å². The van der Waals surface area contributed by atoms with Gasteiger partial charge < -0.3 is 5.32 Å². The SMILES string of the molecule is CCc1cccc(CC)c1NC(=O)CCC1CCC[N]C1. The summed E-state index contributed by atoms with van der Waals surface area (Å²) in [6.07, 6.45) is 5.88. The fourth-order valence-corrected chi connectivity index (χ4v) is 3.03. The number of nitrogens with zero attached hydrogens (tertiary/aromatic N) is 1. The van der Waals surface area contributed by atoms with E-state index in [4.69, 9.17) is 0 Å². The Morgan fingerprint density at radius 2 is 2.00 bits per heavy atom. The molecule has 1 saturated heterocycles. The fraction of sp³-hybridized carbons (Fsp3) is 0.611. The number of benzene rings is 1. The zero-order valence-electron chi connectivity index (χ0n) is 13.3. The molecule has 0 spiro atoms. The van der Waals surface area contributed by atoms with Gasteiger partial charge in [-0.25, -0.2) is 5.32 Å². The highest BCUT2D eigenvalue weighted by atomic mass is 16.1. The summed E-state index contributed by atoms with van der Waals surface area (Å²) in [7, 11) is 0. The van der Waals surface area contributed by atoms with Crippen molar-refractivity contribution in [3.05, 3.63) is 29.3 Å². The number of aryl methyl sites for hydroxylation is 2. The van der Waals surface area contributed by atoms with Crippen LogP contribution in [0.2, 0.25) is 0 Å². The summed E-state index contributed by atoms with van der Waals surface area (Å²) < 4.78 is 0. The molecule has 1 amide bonds. The second kappa shape index (κ2) is 8.18. The molecule has 0 saturated carbocycles. The van der Waals surface area contributed by atoms with Crippen LogP contribution in [0.4, 0.5) is 5.69 Å². The first-order valence-corrected chi connectivity index (χ1v) is 8.28. The first-order valence-electron chi connectivity index (χ1n) is 8.28. The highest BCUT2D eigenvalue weighted by Gasteiger charge is 2.16. The van der Waals surface area contributed by atoms with Gasteiger partial charge >= 0.3 is 0 Å². The van der Waals surface area contributed by atoms with Gasteiger partial charge in [-0.15, -0.1) is 0 Å². The minimum Gasteiger partial charge on any atom is -0.326 e. The molecule has 0 aromatic heterocycles. The molecular formula is C18H27N2O. The lowest BCUT2D eigenvalue weighted by Gasteiger charge is -2.21. The zero-order valence-corrected chi connectivity index (χ0v) is 13.3. The lowest BCUT2D eigenvalue weighted by molar-refractivity contribution is -0.116. The largest absolute Gasteiger partial charge is 0.326 e. The van der Waals surface area contributed by atoms with Crippen LogP contribution < -0.4 is 10.6 Å². The van der Waals surface area contributed by atoms with Crippen molar-refractivity contribution in [3.8, 4) is 0 Å². The van der Waals surface area contributed by atoms with Crippen LogP contribution >= 0.6 is 0 Å². The van der Waals surface area contributed by atoms with Crippen molar-refractivity contribution in [2.75, 3.05) is 18.4 Å². The number of carbonyl (C=O) groups is 1. The number of amides is 1. The van der Waals surface area contributed by atoms with Crippen LogP contribution in [-0.2, 0) is 17.6 Å². The van der Waals surface area contributed by atoms with Gasteiger partial charge in [0.15, 0.2) is 0 Å². The number of nitrogens with one attached hydrogen (secondary N) is 1. The van der Waals surface area contributed by atoms with Crippen LogP contribution in [0, 0.1) is 5.92 Å². The van der Waals surface area contributed by atoms with Crippen LogP contribution in [0.3, 0.4) is 0 Å². The van der Waals surface area contributed by atoms with Gasteiger partial charge in [0, 0.05) is 25.2 Å². The molecule has 21 heavy (non-hydrogen) atoms. The standard InChI is InChI=1S/C18H27N2O/c1-3-15-8-5-9-16(4-2)18(15)20-17(21)11-10-14-7-6-12-19-13-14/h5,8-9,14H,3-4,6-7,10-13H2,1-2H3,(H,20,21). The fourth-order valence-electron chi connectivity index (χ4n) is 3.03. The maximum Gasteiger partial charge on any atom is 0.224 e. The number of hydrogen-bond acceptors (Lipinski definition) is 1. The van der Waals surface area contributed by atoms with Gasteiger partial charge in [-0.3, -0.25) is 4.79 Å². The monoisotopic (exact) mass is 287 g/mol. The van der Waals surface area contributed by atoms with E-state index < -0.39 is 0 Å². The summed E-state index contributed by atoms with van der Waals surface area (Å²) in [5, 5.41) is 7.59. The summed E-state index contributed by atoms with van der Waals surface area (Å²) in [5.41, 5.74) is 3.51. The van der Waals surface area contributed by atoms with E-state index in [2.05, 4.69) is 42.7 Å². The number of hydrogen-bond donors (Lipinski definition) is 1. The summed E-state index contributed by atoms with van der Waals surface area (Å²) in [4.78, 5) is 12.2. The van der Waals surface area contributed by atoms with Gasteiger partial charge in [-0.05, 0) is 49.1 Å². The highest BCUT2D eigenvalue weighted by Crippen LogP contribution is 2.23. The summed E-state index contributed by atoms with van der Waals surface area (Å²) in [5.74, 6) is 0.757. The molecule has 1 aromatic rings. The molecule has 2 rings (SSSR count). The van der Waals surface area contributed by atoms with E-state index >= 15 is 0 Å². The predicted octanol–water partition coefficient (Wildman–Crippen LogP) is 3.54. The molecule has 1 atom stereocenters. The van der Waals surface area contributed by atoms with Crippen molar-refractivity contribution < 1.29 is 4.79 Å². The predicted molar refractivity (Wildman–Crippen MR) is 87.7 cm³/mol. The molecule has 3 heteroatoms. The lowest BCUT2D eigenvalue weighted by atomic mass is 9.94. The van der Waals surface area contributed by atoms with E-state index in [1.165, 1.54) is 24.0 Å². The van der Waals surface area contributed by atoms with Crippen molar-refractivity contribution in [3.63, 3.8) is 0 Å². The molecule has 115 valence electrons. The molecular weight excluding hydrogens is 260 g/mol. The molecule has 1 heterocycles. The summed E-state index contributed by atoms with van der Waals surface area (Å²) in [6.45, 7) is 6.22. The minimum absolute atomic E-state index is 0.149. The van der Waals surface area contributed by atoms with Crippen LogP contribution in [0.5, 0.6) is 0 Å². The normalized spacial score (nSPS) is 18.5. The van der Waals surface area contributed by atoms with Crippen LogP contribution in [0.1, 0.15) is 50.7 Å². The second-order valence-electron chi connectivity index (χ2n) is 5.88. The van der Waals surface area contributed by atoms with E-state index in [-0.39, 0.29) is 5.91 Å². The Kier molecular flexibility index (Phi) is 6.24. The molecule has 0 aliphatic carbocycles. The van der Waals surface area contributed by atoms with Gasteiger partial charge in [0.25, 0.3) is 0 Å². The number of para-hydroxylation sites is 1. The van der Waals surface area contributed by atoms with Crippen LogP contribution in [0.15, 0.2) is 18.2 Å². The Labute approximate surface area is 128 Å². The van der Waals surface area contributed by atoms with Gasteiger partial charge in [0.1, 0.15) is 0 Å². The van der Waals surface area contributed by atoms with Crippen molar-refractivity contribution in [2.45, 2.75) is 52.4 Å². The quantitative estimate of drug-likeness (QED) is 0.854. The Balaban J connectivity index is 1.92. The number of rotatable bonds is 6. The van der Waals surface area contributed by atoms with E-state index in [1.54, 1.807) is 0 Å². The van der Waals surface area contributed by atoms with Gasteiger partial charge in [-0.2, -0.15) is 0 Å². The Hall–Kier alpha value is -1.35. The molecule has 1 aromatic carbocycles. The van der Waals surface area contributed by atoms with Crippen molar-refractivity contribution in [1.82, 2.24) is 5.32 Å². The number of piperidine rings is 1. The molecule has 0 bridgehead atoms. The zero-order chi connectivity index (χ0) is 15.1. The second-order valence-corrected chi connectivity index (χ2v) is 5.88. The van der Waals surface area contributed by atoms with Gasteiger partial charge in [0.2, 0.25) is 5.91 Å². The van der Waals surface area contributed by atoms with Crippen molar-refractivity contribution >= 4 is 11.6 Å². The number of anilines is 1. The van der Waals surface area contributed by atoms with Crippen molar-refractivity contribution in [2.24, 2.45) is 5.92 Å². The molecule has 1 radical (unpaired) electrons. The first-order chi connectivity index (χ1) is 10.2. The third kappa shape index (κ3) is 4.57. The summed E-state index contributed by atoms with van der Waals surface area (Å²) in [6, 6.07) is 6.29. The highest BCUT2D eigenvalue weighted by molar-refractivity contribution is 5.92. The maximum atomic E-state index is 12.2. The molecule has 1 fully saturated rings. The topological polar surface area (TPSA) is 43.2 Å². The smallest absolute Gasteiger partial charge is 0.224 e. The molecule has 3 nitrogen and oxygen atoms in total. The van der Waals surface area contributed by atoms with E-state index in [0.29, 0.717) is 12.3 Å². The Bertz CT molecular complexity index is 442. The van der Waals surface area contributed by atoms with Crippen LogP contribution in [-0.4, -0.2) is 19.0 Å². The number of carbonyl (C=O) groups excluding carboxylic acids is 1. The maximum absolute atomic E-state index is 12.2. The molecule has 1 aliphatic heterocycles. The lowest BCUT2D eigenvalue weighted by Crippen LogP contribution is -2.25.